The number of nitrogens with one attached hydrogen (secondary N) is 1. The summed E-state index contributed by atoms with van der Waals surface area (Å²) in [6.07, 6.45) is 4.82. The van der Waals surface area contributed by atoms with Crippen molar-refractivity contribution in [3.63, 3.8) is 0 Å². The Hall–Kier alpha value is -3.40. The molecule has 0 aliphatic heterocycles. The van der Waals surface area contributed by atoms with Crippen LogP contribution in [0.3, 0.4) is 0 Å². The van der Waals surface area contributed by atoms with E-state index >= 15 is 0 Å². The molecule has 1 amide bonds. The second-order valence-electron chi connectivity index (χ2n) is 7.03. The van der Waals surface area contributed by atoms with Gasteiger partial charge in [0.15, 0.2) is 11.0 Å². The largest absolute Gasteiger partial charge is 0.494 e. The maximum Gasteiger partial charge on any atom is 0.250 e. The number of amides is 1. The molecule has 0 fully saturated rings. The standard InChI is InChI=1S/C24H20Cl2N6O2S/c1-2-34-18-10-8-17(9-11-18)32-23(16-5-4-12-27-13-16)30-31-24(32)35-15-22(33)29-28-14-19-20(25)6-3-7-21(19)26/h3-14H,2,15H2,1H3,(H,29,33)/b28-14-. The van der Waals surface area contributed by atoms with Gasteiger partial charge in [-0.15, -0.1) is 10.2 Å². The molecule has 0 radical (unpaired) electrons. The van der Waals surface area contributed by atoms with Gasteiger partial charge < -0.3 is 4.74 Å². The number of pyridine rings is 1. The van der Waals surface area contributed by atoms with Gasteiger partial charge in [0, 0.05) is 29.2 Å². The molecule has 35 heavy (non-hydrogen) atoms. The van der Waals surface area contributed by atoms with Crippen molar-refractivity contribution >= 4 is 47.1 Å². The summed E-state index contributed by atoms with van der Waals surface area (Å²) in [6.45, 7) is 2.51. The summed E-state index contributed by atoms with van der Waals surface area (Å²) in [5.41, 5.74) is 4.63. The summed E-state index contributed by atoms with van der Waals surface area (Å²) in [4.78, 5) is 16.6. The van der Waals surface area contributed by atoms with Crippen molar-refractivity contribution in [3.8, 4) is 22.8 Å². The number of carbonyl (C=O) groups is 1. The number of rotatable bonds is 9. The molecule has 4 aromatic rings. The molecule has 0 spiro atoms. The number of hydrogen-bond acceptors (Lipinski definition) is 7. The third kappa shape index (κ3) is 6.19. The molecule has 0 saturated heterocycles. The third-order valence-electron chi connectivity index (χ3n) is 4.67. The van der Waals surface area contributed by atoms with Crippen molar-refractivity contribution < 1.29 is 9.53 Å². The summed E-state index contributed by atoms with van der Waals surface area (Å²) in [5.74, 6) is 1.11. The zero-order chi connectivity index (χ0) is 24.6. The smallest absolute Gasteiger partial charge is 0.250 e. The van der Waals surface area contributed by atoms with Crippen LogP contribution in [0, 0.1) is 0 Å². The Morgan fingerprint density at radius 1 is 1.11 bits per heavy atom. The fourth-order valence-corrected chi connectivity index (χ4v) is 4.34. The average molecular weight is 527 g/mol. The molecule has 0 atom stereocenters. The van der Waals surface area contributed by atoms with Crippen LogP contribution >= 0.6 is 35.0 Å². The van der Waals surface area contributed by atoms with Crippen LogP contribution in [0.15, 0.2) is 77.2 Å². The number of hydrogen-bond donors (Lipinski definition) is 1. The van der Waals surface area contributed by atoms with Crippen molar-refractivity contribution in [1.82, 2.24) is 25.2 Å². The Bertz CT molecular complexity index is 1310. The molecule has 4 rings (SSSR count). The molecule has 0 saturated carbocycles. The molecule has 8 nitrogen and oxygen atoms in total. The van der Waals surface area contributed by atoms with Gasteiger partial charge in [-0.3, -0.25) is 14.3 Å². The molecule has 11 heteroatoms. The highest BCUT2D eigenvalue weighted by molar-refractivity contribution is 7.99. The maximum atomic E-state index is 12.4. The summed E-state index contributed by atoms with van der Waals surface area (Å²) >= 11 is 13.5. The molecule has 178 valence electrons. The minimum Gasteiger partial charge on any atom is -0.494 e. The number of carbonyl (C=O) groups excluding carboxylic acids is 1. The normalized spacial score (nSPS) is 11.1. The first-order valence-corrected chi connectivity index (χ1v) is 12.3. The van der Waals surface area contributed by atoms with Gasteiger partial charge in [-0.25, -0.2) is 5.43 Å². The zero-order valence-electron chi connectivity index (χ0n) is 18.6. The molecule has 2 aromatic carbocycles. The highest BCUT2D eigenvalue weighted by Crippen LogP contribution is 2.28. The van der Waals surface area contributed by atoms with Crippen LogP contribution in [0.2, 0.25) is 10.0 Å². The van der Waals surface area contributed by atoms with E-state index in [0.717, 1.165) is 17.0 Å². The molecule has 1 N–H and O–H groups in total. The van der Waals surface area contributed by atoms with E-state index in [-0.39, 0.29) is 11.7 Å². The first kappa shape index (κ1) is 24.7. The van der Waals surface area contributed by atoms with Gasteiger partial charge in [0.1, 0.15) is 5.75 Å². The van der Waals surface area contributed by atoms with Gasteiger partial charge in [-0.05, 0) is 55.5 Å². The highest BCUT2D eigenvalue weighted by Gasteiger charge is 2.17. The predicted octanol–water partition coefficient (Wildman–Crippen LogP) is 5.28. The van der Waals surface area contributed by atoms with Gasteiger partial charge in [0.25, 0.3) is 5.91 Å². The minimum atomic E-state index is -0.321. The van der Waals surface area contributed by atoms with Gasteiger partial charge in [0.05, 0.1) is 28.6 Å². The van der Waals surface area contributed by atoms with Crippen LogP contribution < -0.4 is 10.2 Å². The van der Waals surface area contributed by atoms with E-state index in [1.165, 1.54) is 18.0 Å². The van der Waals surface area contributed by atoms with E-state index in [1.54, 1.807) is 30.6 Å². The van der Waals surface area contributed by atoms with E-state index in [1.807, 2.05) is 47.9 Å². The van der Waals surface area contributed by atoms with Crippen LogP contribution in [-0.2, 0) is 4.79 Å². The fourth-order valence-electron chi connectivity index (χ4n) is 3.10. The van der Waals surface area contributed by atoms with Crippen LogP contribution in [-0.4, -0.2) is 44.2 Å². The van der Waals surface area contributed by atoms with Gasteiger partial charge in [-0.1, -0.05) is 41.0 Å². The van der Waals surface area contributed by atoms with Gasteiger partial charge in [0.2, 0.25) is 0 Å². The Labute approximate surface area is 216 Å². The Kier molecular flexibility index (Phi) is 8.36. The summed E-state index contributed by atoms with van der Waals surface area (Å²) in [7, 11) is 0. The number of benzene rings is 2. The molecule has 0 bridgehead atoms. The lowest BCUT2D eigenvalue weighted by atomic mass is 10.2. The van der Waals surface area contributed by atoms with Crippen molar-refractivity contribution in [2.24, 2.45) is 5.10 Å². The zero-order valence-corrected chi connectivity index (χ0v) is 20.9. The van der Waals surface area contributed by atoms with Crippen molar-refractivity contribution in [1.29, 1.82) is 0 Å². The number of thioether (sulfide) groups is 1. The number of halogens is 2. The molecule has 0 unspecified atom stereocenters. The number of ether oxygens (including phenoxy) is 1. The Balaban J connectivity index is 1.52. The highest BCUT2D eigenvalue weighted by atomic mass is 35.5. The lowest BCUT2D eigenvalue weighted by Gasteiger charge is -2.11. The van der Waals surface area contributed by atoms with E-state index in [9.17, 15) is 4.79 Å². The Morgan fingerprint density at radius 2 is 1.89 bits per heavy atom. The van der Waals surface area contributed by atoms with Crippen LogP contribution in [0.5, 0.6) is 5.75 Å². The molecular formula is C24H20Cl2N6O2S. The van der Waals surface area contributed by atoms with Crippen molar-refractivity contribution in [2.45, 2.75) is 12.1 Å². The summed E-state index contributed by atoms with van der Waals surface area (Å²) in [5, 5.41) is 14.1. The van der Waals surface area contributed by atoms with Gasteiger partial charge in [-0.2, -0.15) is 5.10 Å². The lowest BCUT2D eigenvalue weighted by Crippen LogP contribution is -2.20. The first-order valence-electron chi connectivity index (χ1n) is 10.5. The number of hydrazone groups is 1. The molecule has 0 aliphatic rings. The molecule has 0 aliphatic carbocycles. The van der Waals surface area contributed by atoms with E-state index in [2.05, 4.69) is 25.7 Å². The number of nitrogens with zero attached hydrogens (tertiary/aromatic N) is 5. The summed E-state index contributed by atoms with van der Waals surface area (Å²) in [6, 6.07) is 16.4. The molecular weight excluding hydrogens is 507 g/mol. The fraction of sp³-hybridized carbons (Fsp3) is 0.125. The maximum absolute atomic E-state index is 12.4. The average Bonchev–Trinajstić information content (AvgIpc) is 3.30. The van der Waals surface area contributed by atoms with Gasteiger partial charge >= 0.3 is 0 Å². The Morgan fingerprint density at radius 3 is 2.57 bits per heavy atom. The monoisotopic (exact) mass is 526 g/mol. The minimum absolute atomic E-state index is 0.0653. The third-order valence-corrected chi connectivity index (χ3v) is 6.26. The van der Waals surface area contributed by atoms with Crippen molar-refractivity contribution in [2.75, 3.05) is 12.4 Å². The molecule has 2 heterocycles. The van der Waals surface area contributed by atoms with Crippen molar-refractivity contribution in [3.05, 3.63) is 82.6 Å². The number of aromatic nitrogens is 4. The van der Waals surface area contributed by atoms with Crippen LogP contribution in [0.4, 0.5) is 0 Å². The van der Waals surface area contributed by atoms with Crippen LogP contribution in [0.1, 0.15) is 12.5 Å². The lowest BCUT2D eigenvalue weighted by molar-refractivity contribution is -0.118. The second kappa shape index (κ2) is 11.8. The second-order valence-corrected chi connectivity index (χ2v) is 8.78. The van der Waals surface area contributed by atoms with E-state index in [4.69, 9.17) is 27.9 Å². The van der Waals surface area contributed by atoms with Crippen LogP contribution in [0.25, 0.3) is 17.1 Å². The first-order chi connectivity index (χ1) is 17.1. The van der Waals surface area contributed by atoms with E-state index < -0.39 is 0 Å². The predicted molar refractivity (Wildman–Crippen MR) is 139 cm³/mol. The molecule has 2 aromatic heterocycles. The quantitative estimate of drug-likeness (QED) is 0.181. The SMILES string of the molecule is CCOc1ccc(-n2c(SCC(=O)N/N=C\c3c(Cl)cccc3Cl)nnc2-c2cccnc2)cc1. The van der Waals surface area contributed by atoms with E-state index in [0.29, 0.717) is 33.2 Å². The summed E-state index contributed by atoms with van der Waals surface area (Å²) < 4.78 is 7.42. The topological polar surface area (TPSA) is 94.3 Å².